The fourth-order valence-corrected chi connectivity index (χ4v) is 3.85. The van der Waals surface area contributed by atoms with Gasteiger partial charge in [-0.25, -0.2) is 9.74 Å². The Morgan fingerprint density at radius 1 is 0.879 bits per heavy atom. The van der Waals surface area contributed by atoms with Crippen molar-refractivity contribution in [1.82, 2.24) is 5.32 Å². The van der Waals surface area contributed by atoms with E-state index in [1.807, 2.05) is 30.3 Å². The lowest BCUT2D eigenvalue weighted by Gasteiger charge is -2.31. The van der Waals surface area contributed by atoms with Crippen molar-refractivity contribution in [3.05, 3.63) is 96.6 Å². The normalized spacial score (nSPS) is 18.3. The van der Waals surface area contributed by atoms with Gasteiger partial charge in [-0.05, 0) is 36.2 Å². The van der Waals surface area contributed by atoms with E-state index in [0.29, 0.717) is 17.8 Å². The van der Waals surface area contributed by atoms with Crippen LogP contribution in [0.1, 0.15) is 17.9 Å². The average molecular weight is 454 g/mol. The molecule has 33 heavy (non-hydrogen) atoms. The van der Waals surface area contributed by atoms with Crippen molar-refractivity contribution >= 4 is 23.3 Å². The van der Waals surface area contributed by atoms with Gasteiger partial charge in [0.2, 0.25) is 0 Å². The zero-order valence-corrected chi connectivity index (χ0v) is 17.4. The minimum absolute atomic E-state index is 0.111. The minimum Gasteiger partial charge on any atom is -0.297 e. The van der Waals surface area contributed by atoms with Crippen LogP contribution in [0.4, 0.5) is 24.7 Å². The second-order valence-electron chi connectivity index (χ2n) is 7.79. The predicted molar refractivity (Wildman–Crippen MR) is 117 cm³/mol. The van der Waals surface area contributed by atoms with Gasteiger partial charge in [0.15, 0.2) is 6.04 Å². The highest BCUT2D eigenvalue weighted by Gasteiger charge is 2.57. The summed E-state index contributed by atoms with van der Waals surface area (Å²) < 4.78 is 42.6. The molecule has 1 amide bonds. The molecular weight excluding hydrogens is 433 g/mol. The molecule has 3 aromatic carbocycles. The maximum Gasteiger partial charge on any atom is 0.419 e. The van der Waals surface area contributed by atoms with Crippen molar-refractivity contribution in [3.8, 4) is 0 Å². The Morgan fingerprint density at radius 3 is 1.85 bits per heavy atom. The number of para-hydroxylation sites is 2. The molecule has 0 aromatic heterocycles. The first-order valence-electron chi connectivity index (χ1n) is 10.4. The van der Waals surface area contributed by atoms with E-state index in [4.69, 9.17) is 0 Å². The third-order valence-corrected chi connectivity index (χ3v) is 5.60. The lowest BCUT2D eigenvalue weighted by molar-refractivity contribution is -0.215. The lowest BCUT2D eigenvalue weighted by Crippen LogP contribution is -2.59. The van der Waals surface area contributed by atoms with Gasteiger partial charge in [-0.2, -0.15) is 8.78 Å². The monoisotopic (exact) mass is 454 g/mol. The number of benzene rings is 3. The summed E-state index contributed by atoms with van der Waals surface area (Å²) >= 11 is 0. The summed E-state index contributed by atoms with van der Waals surface area (Å²) in [6, 6.07) is 22.7. The van der Waals surface area contributed by atoms with Crippen LogP contribution in [0, 0.1) is 0 Å². The van der Waals surface area contributed by atoms with E-state index in [1.165, 1.54) is 0 Å². The minimum atomic E-state index is -4.45. The van der Waals surface area contributed by atoms with Crippen LogP contribution in [0.5, 0.6) is 0 Å². The molecule has 3 atom stereocenters. The Morgan fingerprint density at radius 2 is 1.36 bits per heavy atom. The number of carbonyl (C=O) groups is 2. The molecular formula is C25H21F3N2O3. The van der Waals surface area contributed by atoms with E-state index >= 15 is 8.78 Å². The standard InChI is InChI=1S/C25H21F3N2O3/c26-25(27,24(32)33-28)22(29-21-16-20(21)17-10-4-1-5-11-17)23(31)30(18-12-6-2-7-13-18)19-14-8-3-9-15-19/h1-15,20-22,29H,16H2. The number of hydrogen-bond acceptors (Lipinski definition) is 4. The fraction of sp³-hybridized carbons (Fsp3) is 0.200. The SMILES string of the molecule is O=C(C(NC1CC1c1ccccc1)C(F)(F)C(=O)OF)N(c1ccccc1)c1ccccc1. The van der Waals surface area contributed by atoms with Crippen molar-refractivity contribution in [2.75, 3.05) is 4.90 Å². The number of halogens is 3. The Hall–Kier alpha value is -3.65. The number of rotatable bonds is 8. The molecule has 4 rings (SSSR count). The highest BCUT2D eigenvalue weighted by molar-refractivity contribution is 6.06. The molecule has 1 fully saturated rings. The van der Waals surface area contributed by atoms with Crippen LogP contribution in [-0.2, 0) is 14.5 Å². The van der Waals surface area contributed by atoms with Gasteiger partial charge < -0.3 is 0 Å². The highest BCUT2D eigenvalue weighted by atomic mass is 19.3. The number of amides is 1. The predicted octanol–water partition coefficient (Wildman–Crippen LogP) is 4.93. The summed E-state index contributed by atoms with van der Waals surface area (Å²) in [6.45, 7) is 0. The summed E-state index contributed by atoms with van der Waals surface area (Å²) in [6.07, 6.45) is 0.491. The molecule has 5 nitrogen and oxygen atoms in total. The van der Waals surface area contributed by atoms with Gasteiger partial charge in [-0.3, -0.25) is 15.0 Å². The average Bonchev–Trinajstić information content (AvgIpc) is 3.63. The van der Waals surface area contributed by atoms with Crippen LogP contribution in [-0.4, -0.2) is 29.9 Å². The Bertz CT molecular complexity index is 1060. The summed E-state index contributed by atoms with van der Waals surface area (Å²) in [5.74, 6) is -8.09. The second-order valence-corrected chi connectivity index (χ2v) is 7.79. The number of nitrogens with one attached hydrogen (secondary N) is 1. The number of anilines is 2. The van der Waals surface area contributed by atoms with Crippen molar-refractivity contribution in [2.45, 2.75) is 30.3 Å². The Kier molecular flexibility index (Phi) is 6.46. The van der Waals surface area contributed by atoms with Crippen LogP contribution >= 0.6 is 0 Å². The van der Waals surface area contributed by atoms with Crippen molar-refractivity contribution in [1.29, 1.82) is 0 Å². The largest absolute Gasteiger partial charge is 0.419 e. The van der Waals surface area contributed by atoms with Crippen molar-refractivity contribution in [3.63, 3.8) is 0 Å². The number of hydrogen-bond donors (Lipinski definition) is 1. The first-order chi connectivity index (χ1) is 15.9. The zero-order chi connectivity index (χ0) is 23.4. The molecule has 0 heterocycles. The second kappa shape index (κ2) is 9.46. The van der Waals surface area contributed by atoms with Gasteiger partial charge in [0.05, 0.1) is 0 Å². The van der Waals surface area contributed by atoms with Gasteiger partial charge in [0.1, 0.15) is 0 Å². The van der Waals surface area contributed by atoms with Crippen molar-refractivity contribution in [2.24, 2.45) is 0 Å². The third kappa shape index (κ3) is 4.75. The van der Waals surface area contributed by atoms with E-state index in [1.54, 1.807) is 60.7 Å². The molecule has 8 heteroatoms. The lowest BCUT2D eigenvalue weighted by atomic mass is 10.1. The molecule has 0 bridgehead atoms. The summed E-state index contributed by atoms with van der Waals surface area (Å²) in [5.41, 5.74) is 1.56. The molecule has 1 saturated carbocycles. The topological polar surface area (TPSA) is 58.6 Å². The molecule has 0 spiro atoms. The number of alkyl halides is 2. The van der Waals surface area contributed by atoms with E-state index in [9.17, 15) is 14.1 Å². The first kappa shape index (κ1) is 22.5. The maximum absolute atomic E-state index is 15.0. The van der Waals surface area contributed by atoms with Crippen molar-refractivity contribution < 1.29 is 27.8 Å². The molecule has 1 aliphatic rings. The van der Waals surface area contributed by atoms with E-state index in [0.717, 1.165) is 10.5 Å². The van der Waals surface area contributed by atoms with Gasteiger partial charge >= 0.3 is 11.9 Å². The summed E-state index contributed by atoms with van der Waals surface area (Å²) in [7, 11) is 0. The molecule has 1 N–H and O–H groups in total. The van der Waals surface area contributed by atoms with Gasteiger partial charge in [0.25, 0.3) is 5.91 Å². The molecule has 3 unspecified atom stereocenters. The van der Waals surface area contributed by atoms with Crippen LogP contribution in [0.2, 0.25) is 0 Å². The molecule has 3 aromatic rings. The zero-order valence-electron chi connectivity index (χ0n) is 17.4. The molecule has 0 radical (unpaired) electrons. The van der Waals surface area contributed by atoms with Crippen LogP contribution in [0.15, 0.2) is 91.0 Å². The van der Waals surface area contributed by atoms with Crippen LogP contribution in [0.3, 0.4) is 0 Å². The fourth-order valence-electron chi connectivity index (χ4n) is 3.85. The molecule has 1 aliphatic carbocycles. The van der Waals surface area contributed by atoms with Crippen LogP contribution < -0.4 is 10.2 Å². The van der Waals surface area contributed by atoms with E-state index in [-0.39, 0.29) is 5.92 Å². The summed E-state index contributed by atoms with van der Waals surface area (Å²) in [5, 5.41) is 2.61. The smallest absolute Gasteiger partial charge is 0.297 e. The van der Waals surface area contributed by atoms with Gasteiger partial charge in [-0.1, -0.05) is 66.7 Å². The van der Waals surface area contributed by atoms with Gasteiger partial charge in [-0.15, -0.1) is 0 Å². The number of nitrogens with zero attached hydrogens (tertiary/aromatic N) is 1. The molecule has 170 valence electrons. The maximum atomic E-state index is 15.0. The van der Waals surface area contributed by atoms with E-state index in [2.05, 4.69) is 10.3 Å². The van der Waals surface area contributed by atoms with Crippen LogP contribution in [0.25, 0.3) is 0 Å². The Balaban J connectivity index is 1.69. The first-order valence-corrected chi connectivity index (χ1v) is 10.4. The highest BCUT2D eigenvalue weighted by Crippen LogP contribution is 2.42. The number of carbonyl (C=O) groups excluding carboxylic acids is 2. The molecule has 0 saturated heterocycles. The molecule has 0 aliphatic heterocycles. The van der Waals surface area contributed by atoms with Gasteiger partial charge in [0, 0.05) is 27.9 Å². The Labute approximate surface area is 188 Å². The quantitative estimate of drug-likeness (QED) is 0.525. The third-order valence-electron chi connectivity index (χ3n) is 5.60. The van der Waals surface area contributed by atoms with E-state index < -0.39 is 29.9 Å². The summed E-state index contributed by atoms with van der Waals surface area (Å²) in [4.78, 5) is 29.2.